The molecule has 1 heterocycles. The number of hydrogen-bond acceptors (Lipinski definition) is 4. The minimum atomic E-state index is -0.450. The third kappa shape index (κ3) is 4.95. The average molecular weight is 291 g/mol. The van der Waals surface area contributed by atoms with Crippen LogP contribution in [-0.4, -0.2) is 38.1 Å². The zero-order valence-electron chi connectivity index (χ0n) is 12.0. The summed E-state index contributed by atoms with van der Waals surface area (Å²) in [5, 5.41) is 2.77. The van der Waals surface area contributed by atoms with Gasteiger partial charge in [-0.15, -0.1) is 0 Å². The number of hydrogen-bond donors (Lipinski definition) is 1. The Morgan fingerprint density at radius 1 is 1.10 bits per heavy atom. The number of aldehydes is 1. The van der Waals surface area contributed by atoms with Gasteiger partial charge in [-0.2, -0.15) is 0 Å². The lowest BCUT2D eigenvalue weighted by Gasteiger charge is -2.16. The molecule has 1 unspecified atom stereocenters. The summed E-state index contributed by atoms with van der Waals surface area (Å²) in [5.41, 5.74) is 1.37. The standard InChI is InChI=1S/C16H21NO4/c18-11-14-6-3-4-8-20-9-10-21-12-13-5-1-2-7-15(13)16(19)17-14/h1-2,5,7,11,14H,3-4,6,8-10,12H2,(H,17,19). The summed E-state index contributed by atoms with van der Waals surface area (Å²) >= 11 is 0. The molecule has 0 radical (unpaired) electrons. The van der Waals surface area contributed by atoms with Gasteiger partial charge < -0.3 is 19.6 Å². The average Bonchev–Trinajstić information content (AvgIpc) is 2.51. The molecule has 0 aromatic heterocycles. The number of fused-ring (bicyclic) bond motifs is 1. The van der Waals surface area contributed by atoms with Crippen LogP contribution < -0.4 is 5.32 Å². The Morgan fingerprint density at radius 2 is 1.90 bits per heavy atom. The summed E-state index contributed by atoms with van der Waals surface area (Å²) in [7, 11) is 0. The molecule has 0 spiro atoms. The van der Waals surface area contributed by atoms with E-state index in [1.54, 1.807) is 12.1 Å². The van der Waals surface area contributed by atoms with E-state index in [1.165, 1.54) is 0 Å². The van der Waals surface area contributed by atoms with Gasteiger partial charge >= 0.3 is 0 Å². The molecule has 21 heavy (non-hydrogen) atoms. The monoisotopic (exact) mass is 291 g/mol. The number of amides is 1. The van der Waals surface area contributed by atoms with Gasteiger partial charge in [0.1, 0.15) is 6.29 Å². The molecular formula is C16H21NO4. The van der Waals surface area contributed by atoms with Crippen molar-refractivity contribution in [1.82, 2.24) is 5.32 Å². The first-order valence-electron chi connectivity index (χ1n) is 7.31. The highest BCUT2D eigenvalue weighted by atomic mass is 16.5. The van der Waals surface area contributed by atoms with Crippen molar-refractivity contribution in [1.29, 1.82) is 0 Å². The van der Waals surface area contributed by atoms with E-state index in [1.807, 2.05) is 12.1 Å². The van der Waals surface area contributed by atoms with Crippen molar-refractivity contribution >= 4 is 12.2 Å². The predicted molar refractivity (Wildman–Crippen MR) is 78.1 cm³/mol. The number of benzene rings is 1. The van der Waals surface area contributed by atoms with Gasteiger partial charge in [-0.25, -0.2) is 0 Å². The van der Waals surface area contributed by atoms with Crippen LogP contribution in [0.4, 0.5) is 0 Å². The molecule has 5 heteroatoms. The van der Waals surface area contributed by atoms with E-state index in [9.17, 15) is 9.59 Å². The third-order valence-electron chi connectivity index (χ3n) is 3.43. The summed E-state index contributed by atoms with van der Waals surface area (Å²) in [6, 6.07) is 6.83. The molecule has 1 aliphatic heterocycles. The van der Waals surface area contributed by atoms with E-state index < -0.39 is 6.04 Å². The summed E-state index contributed by atoms with van der Waals surface area (Å²) < 4.78 is 11.0. The van der Waals surface area contributed by atoms with E-state index in [2.05, 4.69) is 5.32 Å². The Bertz CT molecular complexity index is 475. The molecule has 0 fully saturated rings. The van der Waals surface area contributed by atoms with Gasteiger partial charge in [0.25, 0.3) is 5.91 Å². The summed E-state index contributed by atoms with van der Waals surface area (Å²) in [6.45, 7) is 2.07. The van der Waals surface area contributed by atoms with E-state index in [0.717, 1.165) is 24.7 Å². The number of carbonyl (C=O) groups excluding carboxylic acids is 2. The second kappa shape index (κ2) is 8.54. The van der Waals surface area contributed by atoms with E-state index >= 15 is 0 Å². The van der Waals surface area contributed by atoms with Crippen LogP contribution in [0.1, 0.15) is 35.2 Å². The van der Waals surface area contributed by atoms with Gasteiger partial charge in [0.2, 0.25) is 0 Å². The molecule has 1 amide bonds. The SMILES string of the molecule is O=CC1CCCCOCCOCc2ccccc2C(=O)N1. The molecule has 1 N–H and O–H groups in total. The van der Waals surface area contributed by atoms with Gasteiger partial charge in [-0.1, -0.05) is 18.2 Å². The zero-order chi connectivity index (χ0) is 14.9. The van der Waals surface area contributed by atoms with Crippen molar-refractivity contribution in [2.45, 2.75) is 31.9 Å². The maximum atomic E-state index is 12.3. The predicted octanol–water partition coefficient (Wildman–Crippen LogP) is 1.70. The largest absolute Gasteiger partial charge is 0.379 e. The maximum absolute atomic E-state index is 12.3. The fourth-order valence-electron chi connectivity index (χ4n) is 2.26. The molecule has 0 bridgehead atoms. The van der Waals surface area contributed by atoms with Crippen LogP contribution in [0.2, 0.25) is 0 Å². The highest BCUT2D eigenvalue weighted by Gasteiger charge is 2.16. The number of carbonyl (C=O) groups is 2. The smallest absolute Gasteiger partial charge is 0.252 e. The Hall–Kier alpha value is -1.72. The topological polar surface area (TPSA) is 64.6 Å². The Balaban J connectivity index is 2.12. The number of ether oxygens (including phenoxy) is 2. The van der Waals surface area contributed by atoms with Crippen LogP contribution in [0.15, 0.2) is 24.3 Å². The van der Waals surface area contributed by atoms with Crippen LogP contribution in [0.3, 0.4) is 0 Å². The lowest BCUT2D eigenvalue weighted by molar-refractivity contribution is -0.109. The molecule has 2 rings (SSSR count). The summed E-state index contributed by atoms with van der Waals surface area (Å²) in [6.07, 6.45) is 3.14. The van der Waals surface area contributed by atoms with Gasteiger partial charge in [-0.3, -0.25) is 4.79 Å². The molecule has 1 atom stereocenters. The van der Waals surface area contributed by atoms with Gasteiger partial charge in [0, 0.05) is 12.2 Å². The molecular weight excluding hydrogens is 270 g/mol. The fourth-order valence-corrected chi connectivity index (χ4v) is 2.26. The van der Waals surface area contributed by atoms with Crippen LogP contribution in [0.25, 0.3) is 0 Å². The van der Waals surface area contributed by atoms with E-state index in [4.69, 9.17) is 9.47 Å². The highest BCUT2D eigenvalue weighted by molar-refractivity contribution is 5.96. The van der Waals surface area contributed by atoms with Crippen molar-refractivity contribution in [3.8, 4) is 0 Å². The molecule has 114 valence electrons. The first kappa shape index (κ1) is 15.7. The second-order valence-electron chi connectivity index (χ2n) is 5.03. The van der Waals surface area contributed by atoms with Crippen molar-refractivity contribution in [3.05, 3.63) is 35.4 Å². The summed E-state index contributed by atoms with van der Waals surface area (Å²) in [4.78, 5) is 23.4. The molecule has 0 saturated carbocycles. The molecule has 0 saturated heterocycles. The highest BCUT2D eigenvalue weighted by Crippen LogP contribution is 2.11. The molecule has 1 aliphatic rings. The Kier molecular flexibility index (Phi) is 6.37. The summed E-state index contributed by atoms with van der Waals surface area (Å²) in [5.74, 6) is -0.223. The van der Waals surface area contributed by atoms with Crippen LogP contribution in [-0.2, 0) is 20.9 Å². The van der Waals surface area contributed by atoms with Crippen molar-refractivity contribution in [2.24, 2.45) is 0 Å². The maximum Gasteiger partial charge on any atom is 0.252 e. The van der Waals surface area contributed by atoms with Gasteiger partial charge in [0.05, 0.1) is 25.9 Å². The molecule has 1 aromatic carbocycles. The Labute approximate surface area is 124 Å². The molecule has 0 aliphatic carbocycles. The van der Waals surface area contributed by atoms with Crippen LogP contribution >= 0.6 is 0 Å². The van der Waals surface area contributed by atoms with Crippen molar-refractivity contribution in [2.75, 3.05) is 19.8 Å². The van der Waals surface area contributed by atoms with E-state index in [0.29, 0.717) is 38.4 Å². The Morgan fingerprint density at radius 3 is 2.76 bits per heavy atom. The third-order valence-corrected chi connectivity index (χ3v) is 3.43. The second-order valence-corrected chi connectivity index (χ2v) is 5.03. The van der Waals surface area contributed by atoms with Crippen LogP contribution in [0, 0.1) is 0 Å². The lowest BCUT2D eigenvalue weighted by atomic mass is 10.1. The first-order valence-corrected chi connectivity index (χ1v) is 7.31. The van der Waals surface area contributed by atoms with Gasteiger partial charge in [0.15, 0.2) is 0 Å². The number of nitrogens with one attached hydrogen (secondary N) is 1. The number of rotatable bonds is 1. The minimum absolute atomic E-state index is 0.223. The first-order chi connectivity index (χ1) is 10.3. The van der Waals surface area contributed by atoms with Crippen LogP contribution in [0.5, 0.6) is 0 Å². The zero-order valence-corrected chi connectivity index (χ0v) is 12.0. The quantitative estimate of drug-likeness (QED) is 0.800. The van der Waals surface area contributed by atoms with Crippen molar-refractivity contribution in [3.63, 3.8) is 0 Å². The molecule has 1 aromatic rings. The minimum Gasteiger partial charge on any atom is -0.379 e. The lowest BCUT2D eigenvalue weighted by Crippen LogP contribution is -2.36. The van der Waals surface area contributed by atoms with Crippen molar-refractivity contribution < 1.29 is 19.1 Å². The van der Waals surface area contributed by atoms with Gasteiger partial charge in [-0.05, 0) is 30.9 Å². The normalized spacial score (nSPS) is 21.7. The fraction of sp³-hybridized carbons (Fsp3) is 0.500. The molecule has 5 nitrogen and oxygen atoms in total. The van der Waals surface area contributed by atoms with E-state index in [-0.39, 0.29) is 5.91 Å².